The molecular formula is C22H21Cl2NO4S. The summed E-state index contributed by atoms with van der Waals surface area (Å²) in [5.41, 5.74) is 2.68. The molecule has 8 heteroatoms. The summed E-state index contributed by atoms with van der Waals surface area (Å²) < 4.78 is 5.90. The van der Waals surface area contributed by atoms with E-state index in [2.05, 4.69) is 13.8 Å². The first-order chi connectivity index (χ1) is 14.2. The van der Waals surface area contributed by atoms with E-state index in [1.165, 1.54) is 18.2 Å². The van der Waals surface area contributed by atoms with Crippen LogP contribution in [0.25, 0.3) is 6.08 Å². The highest BCUT2D eigenvalue weighted by molar-refractivity contribution is 8.18. The second-order valence-corrected chi connectivity index (χ2v) is 9.02. The maximum atomic E-state index is 12.7. The van der Waals surface area contributed by atoms with E-state index in [9.17, 15) is 14.7 Å². The van der Waals surface area contributed by atoms with Crippen molar-refractivity contribution in [2.45, 2.75) is 26.7 Å². The highest BCUT2D eigenvalue weighted by atomic mass is 35.5. The fraction of sp³-hybridized carbons (Fsp3) is 0.273. The minimum absolute atomic E-state index is 0.0699. The summed E-state index contributed by atoms with van der Waals surface area (Å²) >= 11 is 12.7. The third kappa shape index (κ3) is 4.94. The summed E-state index contributed by atoms with van der Waals surface area (Å²) in [5, 5.41) is 9.43. The van der Waals surface area contributed by atoms with Crippen LogP contribution in [-0.2, 0) is 4.79 Å². The highest BCUT2D eigenvalue weighted by Gasteiger charge is 2.35. The van der Waals surface area contributed by atoms with E-state index in [1.54, 1.807) is 0 Å². The standard InChI is InChI=1S/C22H21Cl2NO4S/c1-12(2)15-5-4-13(3)8-18(15)29-7-6-25-21(27)19(30-22(25)28)11-14-9-16(23)20(26)17(24)10-14/h4-5,8-12,26H,6-7H2,1-3H3/b19-11-. The van der Waals surface area contributed by atoms with E-state index in [1.807, 2.05) is 25.1 Å². The molecule has 158 valence electrons. The largest absolute Gasteiger partial charge is 0.505 e. The van der Waals surface area contributed by atoms with Crippen LogP contribution >= 0.6 is 35.0 Å². The Bertz CT molecular complexity index is 1010. The Morgan fingerprint density at radius 1 is 1.17 bits per heavy atom. The molecule has 5 nitrogen and oxygen atoms in total. The fourth-order valence-electron chi connectivity index (χ4n) is 3.00. The quantitative estimate of drug-likeness (QED) is 0.510. The lowest BCUT2D eigenvalue weighted by Crippen LogP contribution is -2.32. The lowest BCUT2D eigenvalue weighted by Gasteiger charge is -2.17. The summed E-state index contributed by atoms with van der Waals surface area (Å²) in [6.45, 7) is 6.50. The minimum atomic E-state index is -0.401. The number of rotatable bonds is 6. The van der Waals surface area contributed by atoms with Gasteiger partial charge in [0.2, 0.25) is 0 Å². The number of aromatic hydroxyl groups is 1. The number of carbonyl (C=O) groups is 2. The van der Waals surface area contributed by atoms with Crippen LogP contribution < -0.4 is 4.74 Å². The van der Waals surface area contributed by atoms with Gasteiger partial charge in [0.25, 0.3) is 11.1 Å². The second-order valence-electron chi connectivity index (χ2n) is 7.21. The Hall–Kier alpha value is -2.15. The molecule has 1 aliphatic rings. The Morgan fingerprint density at radius 2 is 1.83 bits per heavy atom. The van der Waals surface area contributed by atoms with Crippen molar-refractivity contribution in [3.8, 4) is 11.5 Å². The van der Waals surface area contributed by atoms with E-state index < -0.39 is 5.91 Å². The maximum absolute atomic E-state index is 12.7. The number of phenolic OH excluding ortho intramolecular Hbond substituents is 1. The van der Waals surface area contributed by atoms with Crippen molar-refractivity contribution < 1.29 is 19.4 Å². The number of thioether (sulfide) groups is 1. The van der Waals surface area contributed by atoms with Gasteiger partial charge in [-0.1, -0.05) is 49.2 Å². The number of amides is 2. The van der Waals surface area contributed by atoms with Crippen molar-refractivity contribution in [1.82, 2.24) is 4.90 Å². The third-order valence-corrected chi connectivity index (χ3v) is 6.06. The Kier molecular flexibility index (Phi) is 7.01. The van der Waals surface area contributed by atoms with Crippen molar-refractivity contribution in [1.29, 1.82) is 0 Å². The molecule has 1 heterocycles. The van der Waals surface area contributed by atoms with E-state index >= 15 is 0 Å². The molecule has 1 saturated heterocycles. The molecule has 0 aliphatic carbocycles. The molecule has 0 radical (unpaired) electrons. The average Bonchev–Trinajstić information content (AvgIpc) is 2.93. The smallest absolute Gasteiger partial charge is 0.293 e. The van der Waals surface area contributed by atoms with Gasteiger partial charge in [0.05, 0.1) is 21.5 Å². The zero-order chi connectivity index (χ0) is 22.0. The molecule has 0 atom stereocenters. The molecule has 2 aromatic carbocycles. The number of benzene rings is 2. The fourth-order valence-corrected chi connectivity index (χ4v) is 4.37. The number of ether oxygens (including phenoxy) is 1. The number of carbonyl (C=O) groups excluding carboxylic acids is 2. The van der Waals surface area contributed by atoms with Gasteiger partial charge < -0.3 is 9.84 Å². The van der Waals surface area contributed by atoms with E-state index in [-0.39, 0.29) is 39.1 Å². The second kappa shape index (κ2) is 9.33. The molecule has 30 heavy (non-hydrogen) atoms. The predicted octanol–water partition coefficient (Wildman–Crippen LogP) is 6.25. The SMILES string of the molecule is Cc1ccc(C(C)C)c(OCCN2C(=O)S/C(=C\c3cc(Cl)c(O)c(Cl)c3)C2=O)c1. The molecule has 3 rings (SSSR count). The van der Waals surface area contributed by atoms with E-state index in [4.69, 9.17) is 27.9 Å². The van der Waals surface area contributed by atoms with Gasteiger partial charge >= 0.3 is 0 Å². The molecule has 0 bridgehead atoms. The molecule has 2 amide bonds. The van der Waals surface area contributed by atoms with Crippen molar-refractivity contribution in [2.24, 2.45) is 0 Å². The van der Waals surface area contributed by atoms with Crippen molar-refractivity contribution in [3.05, 3.63) is 62.0 Å². The van der Waals surface area contributed by atoms with Crippen LogP contribution in [0.5, 0.6) is 11.5 Å². The van der Waals surface area contributed by atoms with Gasteiger partial charge in [-0.25, -0.2) is 0 Å². The molecule has 2 aromatic rings. The lowest BCUT2D eigenvalue weighted by molar-refractivity contribution is -0.123. The molecule has 1 aliphatic heterocycles. The summed E-state index contributed by atoms with van der Waals surface area (Å²) in [6.07, 6.45) is 1.53. The number of halogens is 2. The van der Waals surface area contributed by atoms with Gasteiger partial charge in [-0.05, 0) is 65.6 Å². The number of nitrogens with zero attached hydrogens (tertiary/aromatic N) is 1. The topological polar surface area (TPSA) is 66.8 Å². The van der Waals surface area contributed by atoms with Crippen LogP contribution in [-0.4, -0.2) is 34.3 Å². The third-order valence-electron chi connectivity index (χ3n) is 4.57. The Labute approximate surface area is 189 Å². The monoisotopic (exact) mass is 465 g/mol. The number of imide groups is 1. The van der Waals surface area contributed by atoms with Gasteiger partial charge in [-0.2, -0.15) is 0 Å². The predicted molar refractivity (Wildman–Crippen MR) is 122 cm³/mol. The zero-order valence-electron chi connectivity index (χ0n) is 16.7. The summed E-state index contributed by atoms with van der Waals surface area (Å²) in [6, 6.07) is 8.98. The van der Waals surface area contributed by atoms with Crippen molar-refractivity contribution in [2.75, 3.05) is 13.2 Å². The number of phenols is 1. The molecule has 0 aromatic heterocycles. The summed E-state index contributed by atoms with van der Waals surface area (Å²) in [5.74, 6) is 0.436. The molecule has 0 spiro atoms. The van der Waals surface area contributed by atoms with Crippen LogP contribution in [0.1, 0.15) is 36.5 Å². The van der Waals surface area contributed by atoms with Crippen LogP contribution in [0.3, 0.4) is 0 Å². The van der Waals surface area contributed by atoms with Gasteiger partial charge in [-0.15, -0.1) is 0 Å². The van der Waals surface area contributed by atoms with Crippen LogP contribution in [0.15, 0.2) is 35.2 Å². The van der Waals surface area contributed by atoms with Crippen LogP contribution in [0.4, 0.5) is 4.79 Å². The van der Waals surface area contributed by atoms with Gasteiger partial charge in [0.1, 0.15) is 12.4 Å². The summed E-state index contributed by atoms with van der Waals surface area (Å²) in [7, 11) is 0. The van der Waals surface area contributed by atoms with Gasteiger partial charge in [-0.3, -0.25) is 14.5 Å². The van der Waals surface area contributed by atoms with Crippen molar-refractivity contribution >= 4 is 52.2 Å². The van der Waals surface area contributed by atoms with Gasteiger partial charge in [0.15, 0.2) is 5.75 Å². The Morgan fingerprint density at radius 3 is 2.47 bits per heavy atom. The van der Waals surface area contributed by atoms with E-state index in [0.29, 0.717) is 11.5 Å². The number of hydrogen-bond acceptors (Lipinski definition) is 5. The lowest BCUT2D eigenvalue weighted by atomic mass is 10.0. The first kappa shape index (κ1) is 22.5. The Balaban J connectivity index is 1.70. The first-order valence-electron chi connectivity index (χ1n) is 9.34. The zero-order valence-corrected chi connectivity index (χ0v) is 19.1. The molecular weight excluding hydrogens is 445 g/mol. The minimum Gasteiger partial charge on any atom is -0.505 e. The number of aryl methyl sites for hydroxylation is 1. The number of hydrogen-bond donors (Lipinski definition) is 1. The van der Waals surface area contributed by atoms with Crippen molar-refractivity contribution in [3.63, 3.8) is 0 Å². The molecule has 0 saturated carbocycles. The summed E-state index contributed by atoms with van der Waals surface area (Å²) in [4.78, 5) is 26.4. The van der Waals surface area contributed by atoms with Crippen LogP contribution in [0, 0.1) is 6.92 Å². The first-order valence-corrected chi connectivity index (χ1v) is 10.9. The highest BCUT2D eigenvalue weighted by Crippen LogP contribution is 2.36. The molecule has 1 N–H and O–H groups in total. The van der Waals surface area contributed by atoms with Gasteiger partial charge in [0, 0.05) is 0 Å². The average molecular weight is 466 g/mol. The normalized spacial score (nSPS) is 15.5. The van der Waals surface area contributed by atoms with Crippen LogP contribution in [0.2, 0.25) is 10.0 Å². The maximum Gasteiger partial charge on any atom is 0.293 e. The molecule has 1 fully saturated rings. The molecule has 0 unspecified atom stereocenters. The van der Waals surface area contributed by atoms with E-state index in [0.717, 1.165) is 33.5 Å².